The fourth-order valence-electron chi connectivity index (χ4n) is 3.91. The van der Waals surface area contributed by atoms with Crippen molar-refractivity contribution in [2.75, 3.05) is 24.5 Å². The van der Waals surface area contributed by atoms with Crippen LogP contribution in [0.4, 0.5) is 10.1 Å². The number of piperidine rings is 1. The van der Waals surface area contributed by atoms with E-state index in [1.165, 1.54) is 22.5 Å². The van der Waals surface area contributed by atoms with Gasteiger partial charge in [-0.15, -0.1) is 0 Å². The van der Waals surface area contributed by atoms with Gasteiger partial charge in [-0.3, -0.25) is 4.79 Å². The van der Waals surface area contributed by atoms with Gasteiger partial charge in [-0.05, 0) is 55.7 Å². The second-order valence-electron chi connectivity index (χ2n) is 7.32. The molecule has 0 saturated carbocycles. The number of hydrogen-bond donors (Lipinski definition) is 0. The highest BCUT2D eigenvalue weighted by molar-refractivity contribution is 7.89. The Labute approximate surface area is 158 Å². The number of amides is 1. The molecule has 2 aliphatic heterocycles. The summed E-state index contributed by atoms with van der Waals surface area (Å²) < 4.78 is 40.5. The zero-order valence-electron chi connectivity index (χ0n) is 15.1. The first-order valence-corrected chi connectivity index (χ1v) is 10.4. The second kappa shape index (κ2) is 6.42. The normalized spacial score (nSPS) is 19.9. The Morgan fingerprint density at radius 2 is 1.70 bits per heavy atom. The molecule has 1 amide bonds. The topological polar surface area (TPSA) is 57.7 Å². The van der Waals surface area contributed by atoms with E-state index in [9.17, 15) is 17.6 Å². The standard InChI is InChI=1S/C20H21FN2O3S/c1-15-13-17(7-8-18(15)21)27(25,26)22-11-9-20(10-12-22)14-23(19(20)24)16-5-3-2-4-6-16/h2-8,13H,9-12,14H2,1H3. The van der Waals surface area contributed by atoms with E-state index in [4.69, 9.17) is 0 Å². The monoisotopic (exact) mass is 388 g/mol. The smallest absolute Gasteiger partial charge is 0.243 e. The largest absolute Gasteiger partial charge is 0.311 e. The van der Waals surface area contributed by atoms with E-state index >= 15 is 0 Å². The van der Waals surface area contributed by atoms with Gasteiger partial charge in [-0.25, -0.2) is 12.8 Å². The highest BCUT2D eigenvalue weighted by Crippen LogP contribution is 2.44. The van der Waals surface area contributed by atoms with Crippen molar-refractivity contribution in [3.05, 3.63) is 59.9 Å². The Kier molecular flexibility index (Phi) is 4.31. The van der Waals surface area contributed by atoms with E-state index < -0.39 is 21.3 Å². The van der Waals surface area contributed by atoms with E-state index in [1.807, 2.05) is 30.3 Å². The maximum Gasteiger partial charge on any atom is 0.243 e. The Morgan fingerprint density at radius 1 is 1.04 bits per heavy atom. The molecule has 2 aliphatic rings. The highest BCUT2D eigenvalue weighted by Gasteiger charge is 2.54. The number of aryl methyl sites for hydroxylation is 1. The average molecular weight is 388 g/mol. The van der Waals surface area contributed by atoms with E-state index in [0.29, 0.717) is 38.0 Å². The zero-order chi connectivity index (χ0) is 19.2. The minimum atomic E-state index is -3.68. The quantitative estimate of drug-likeness (QED) is 0.760. The van der Waals surface area contributed by atoms with Gasteiger partial charge < -0.3 is 4.90 Å². The van der Waals surface area contributed by atoms with Crippen molar-refractivity contribution in [2.45, 2.75) is 24.7 Å². The van der Waals surface area contributed by atoms with Crippen LogP contribution >= 0.6 is 0 Å². The summed E-state index contributed by atoms with van der Waals surface area (Å²) in [7, 11) is -3.68. The predicted molar refractivity (Wildman–Crippen MR) is 100 cm³/mol. The molecule has 2 fully saturated rings. The molecule has 0 aromatic heterocycles. The first-order valence-electron chi connectivity index (χ1n) is 8.97. The van der Waals surface area contributed by atoms with Crippen molar-refractivity contribution in [1.29, 1.82) is 0 Å². The van der Waals surface area contributed by atoms with Crippen molar-refractivity contribution < 1.29 is 17.6 Å². The fraction of sp³-hybridized carbons (Fsp3) is 0.350. The van der Waals surface area contributed by atoms with Crippen molar-refractivity contribution in [3.63, 3.8) is 0 Å². The fourth-order valence-corrected chi connectivity index (χ4v) is 5.43. The summed E-state index contributed by atoms with van der Waals surface area (Å²) in [5, 5.41) is 0. The summed E-state index contributed by atoms with van der Waals surface area (Å²) in [5.41, 5.74) is 0.725. The first kappa shape index (κ1) is 18.1. The van der Waals surface area contributed by atoms with Crippen LogP contribution in [0.5, 0.6) is 0 Å². The molecule has 0 atom stereocenters. The molecule has 0 radical (unpaired) electrons. The molecule has 2 saturated heterocycles. The number of nitrogens with zero attached hydrogens (tertiary/aromatic N) is 2. The van der Waals surface area contributed by atoms with Crippen molar-refractivity contribution in [2.24, 2.45) is 5.41 Å². The summed E-state index contributed by atoms with van der Waals surface area (Å²) in [6.45, 7) is 2.77. The predicted octanol–water partition coefficient (Wildman–Crippen LogP) is 2.95. The van der Waals surface area contributed by atoms with Gasteiger partial charge in [0.25, 0.3) is 0 Å². The molecule has 7 heteroatoms. The van der Waals surface area contributed by atoms with Crippen LogP contribution in [0.2, 0.25) is 0 Å². The van der Waals surface area contributed by atoms with Crippen molar-refractivity contribution in [3.8, 4) is 0 Å². The zero-order valence-corrected chi connectivity index (χ0v) is 15.9. The maximum absolute atomic E-state index is 13.5. The number of benzene rings is 2. The molecule has 0 N–H and O–H groups in total. The number of hydrogen-bond acceptors (Lipinski definition) is 3. The Bertz CT molecular complexity index is 984. The molecular formula is C20H21FN2O3S. The minimum absolute atomic E-state index is 0.0726. The summed E-state index contributed by atoms with van der Waals surface area (Å²) in [6, 6.07) is 13.3. The van der Waals surface area contributed by atoms with E-state index in [1.54, 1.807) is 11.8 Å². The molecule has 0 unspecified atom stereocenters. The van der Waals surface area contributed by atoms with Crippen LogP contribution in [0, 0.1) is 18.2 Å². The molecule has 1 spiro atoms. The third-order valence-electron chi connectivity index (χ3n) is 5.67. The highest BCUT2D eigenvalue weighted by atomic mass is 32.2. The summed E-state index contributed by atoms with van der Waals surface area (Å²) in [6.07, 6.45) is 1.02. The number of halogens is 1. The van der Waals surface area contributed by atoms with E-state index in [-0.39, 0.29) is 10.8 Å². The Morgan fingerprint density at radius 3 is 2.30 bits per heavy atom. The Hall–Kier alpha value is -2.25. The molecule has 142 valence electrons. The number of sulfonamides is 1. The van der Waals surface area contributed by atoms with Gasteiger partial charge in [0.15, 0.2) is 0 Å². The van der Waals surface area contributed by atoms with Crippen molar-refractivity contribution >= 4 is 21.6 Å². The minimum Gasteiger partial charge on any atom is -0.311 e. The van der Waals surface area contributed by atoms with Gasteiger partial charge in [-0.2, -0.15) is 4.31 Å². The third kappa shape index (κ3) is 2.95. The Balaban J connectivity index is 1.46. The molecule has 4 rings (SSSR count). The van der Waals surface area contributed by atoms with Crippen LogP contribution in [0.25, 0.3) is 0 Å². The van der Waals surface area contributed by atoms with Crippen LogP contribution in [-0.2, 0) is 14.8 Å². The SMILES string of the molecule is Cc1cc(S(=O)(=O)N2CCC3(CC2)CN(c2ccccc2)C3=O)ccc1F. The van der Waals surface area contributed by atoms with Crippen molar-refractivity contribution in [1.82, 2.24) is 4.31 Å². The molecule has 27 heavy (non-hydrogen) atoms. The molecular weight excluding hydrogens is 367 g/mol. The van der Waals surface area contributed by atoms with Gasteiger partial charge in [0.05, 0.1) is 10.3 Å². The average Bonchev–Trinajstić information content (AvgIpc) is 2.69. The lowest BCUT2D eigenvalue weighted by molar-refractivity contribution is -0.137. The summed E-state index contributed by atoms with van der Waals surface area (Å²) in [4.78, 5) is 14.6. The molecule has 0 aliphatic carbocycles. The number of β-lactam (4-membered cyclic amide) rings is 1. The summed E-state index contributed by atoms with van der Waals surface area (Å²) in [5.74, 6) is -0.351. The molecule has 0 bridgehead atoms. The number of anilines is 1. The molecule has 2 heterocycles. The third-order valence-corrected chi connectivity index (χ3v) is 7.57. The lowest BCUT2D eigenvalue weighted by Gasteiger charge is -2.52. The van der Waals surface area contributed by atoms with Gasteiger partial charge in [0, 0.05) is 25.3 Å². The number of para-hydroxylation sites is 1. The lowest BCUT2D eigenvalue weighted by atomic mass is 9.71. The molecule has 2 aromatic rings. The summed E-state index contributed by atoms with van der Waals surface area (Å²) >= 11 is 0. The first-order chi connectivity index (χ1) is 12.8. The van der Waals surface area contributed by atoms with Gasteiger partial charge in [0.1, 0.15) is 5.82 Å². The van der Waals surface area contributed by atoms with E-state index in [2.05, 4.69) is 0 Å². The number of rotatable bonds is 3. The van der Waals surface area contributed by atoms with Crippen LogP contribution < -0.4 is 4.90 Å². The number of carbonyl (C=O) groups is 1. The van der Waals surface area contributed by atoms with Gasteiger partial charge in [-0.1, -0.05) is 18.2 Å². The molecule has 5 nitrogen and oxygen atoms in total. The number of carbonyl (C=O) groups excluding carboxylic acids is 1. The second-order valence-corrected chi connectivity index (χ2v) is 9.26. The van der Waals surface area contributed by atoms with Crippen LogP contribution in [0.1, 0.15) is 18.4 Å². The lowest BCUT2D eigenvalue weighted by Crippen LogP contribution is -2.65. The van der Waals surface area contributed by atoms with E-state index in [0.717, 1.165) is 5.69 Å². The van der Waals surface area contributed by atoms with Gasteiger partial charge >= 0.3 is 0 Å². The van der Waals surface area contributed by atoms with Crippen LogP contribution in [0.3, 0.4) is 0 Å². The van der Waals surface area contributed by atoms with Gasteiger partial charge in [0.2, 0.25) is 15.9 Å². The molecule has 2 aromatic carbocycles. The van der Waals surface area contributed by atoms with Crippen LogP contribution in [-0.4, -0.2) is 38.3 Å². The maximum atomic E-state index is 13.5. The van der Waals surface area contributed by atoms with Crippen LogP contribution in [0.15, 0.2) is 53.4 Å².